The van der Waals surface area contributed by atoms with E-state index in [0.717, 1.165) is 54.5 Å². The van der Waals surface area contributed by atoms with Gasteiger partial charge in [0.05, 0.1) is 30.9 Å². The van der Waals surface area contributed by atoms with E-state index in [1.807, 2.05) is 42.5 Å². The molecule has 9 heteroatoms. The van der Waals surface area contributed by atoms with Crippen LogP contribution in [-0.4, -0.2) is 74.2 Å². The number of ether oxygens (including phenoxy) is 3. The highest BCUT2D eigenvalue weighted by atomic mass is 16.5. The number of piperazine rings is 1. The normalized spacial score (nSPS) is 21.9. The molecule has 0 saturated carbocycles. The van der Waals surface area contributed by atoms with Gasteiger partial charge in [-0.1, -0.05) is 24.3 Å². The summed E-state index contributed by atoms with van der Waals surface area (Å²) in [5.41, 5.74) is 2.52. The minimum absolute atomic E-state index is 0.0692. The van der Waals surface area contributed by atoms with Gasteiger partial charge in [0.25, 0.3) is 6.02 Å². The molecular formula is C26H33N5O4. The SMILES string of the molecule is COc1cccc2c1C(NC1=Nc3ccccc3C(NC(=O)CN3CCN(C(C)C)CC3)O1)CO2. The molecule has 0 aliphatic carbocycles. The Morgan fingerprint density at radius 3 is 2.71 bits per heavy atom. The molecule has 3 aliphatic heterocycles. The van der Waals surface area contributed by atoms with E-state index in [4.69, 9.17) is 14.2 Å². The number of nitrogens with one attached hydrogen (secondary N) is 2. The molecule has 1 amide bonds. The van der Waals surface area contributed by atoms with E-state index < -0.39 is 6.23 Å². The second-order valence-corrected chi connectivity index (χ2v) is 9.33. The lowest BCUT2D eigenvalue weighted by atomic mass is 10.1. The first-order valence-electron chi connectivity index (χ1n) is 12.2. The molecule has 3 heterocycles. The van der Waals surface area contributed by atoms with Gasteiger partial charge < -0.3 is 24.8 Å². The molecule has 0 bridgehead atoms. The Balaban J connectivity index is 1.26. The van der Waals surface area contributed by atoms with Crippen LogP contribution in [0.25, 0.3) is 0 Å². The quantitative estimate of drug-likeness (QED) is 0.659. The van der Waals surface area contributed by atoms with Crippen LogP contribution in [0.4, 0.5) is 5.69 Å². The number of methoxy groups -OCH3 is 1. The van der Waals surface area contributed by atoms with Gasteiger partial charge >= 0.3 is 0 Å². The molecule has 2 aromatic rings. The number of carbonyl (C=O) groups is 1. The van der Waals surface area contributed by atoms with Crippen LogP contribution in [-0.2, 0) is 9.53 Å². The van der Waals surface area contributed by atoms with Crippen molar-refractivity contribution in [2.45, 2.75) is 32.2 Å². The number of nitrogens with zero attached hydrogens (tertiary/aromatic N) is 3. The zero-order valence-corrected chi connectivity index (χ0v) is 20.5. The third kappa shape index (κ3) is 5.06. The summed E-state index contributed by atoms with van der Waals surface area (Å²) in [6.07, 6.45) is -0.630. The molecule has 1 saturated heterocycles. The van der Waals surface area contributed by atoms with E-state index in [9.17, 15) is 4.79 Å². The lowest BCUT2D eigenvalue weighted by molar-refractivity contribution is -0.125. The fourth-order valence-corrected chi connectivity index (χ4v) is 4.82. The van der Waals surface area contributed by atoms with Crippen LogP contribution in [0.15, 0.2) is 47.5 Å². The summed E-state index contributed by atoms with van der Waals surface area (Å²) >= 11 is 0. The Labute approximate surface area is 206 Å². The first kappa shape index (κ1) is 23.4. The number of rotatable bonds is 6. The van der Waals surface area contributed by atoms with Gasteiger partial charge in [0.1, 0.15) is 18.1 Å². The van der Waals surface area contributed by atoms with Crippen molar-refractivity contribution in [1.29, 1.82) is 0 Å². The third-order valence-electron chi connectivity index (χ3n) is 6.76. The van der Waals surface area contributed by atoms with Crippen LogP contribution in [0.2, 0.25) is 0 Å². The number of carbonyl (C=O) groups excluding carboxylic acids is 1. The molecule has 2 unspecified atom stereocenters. The standard InChI is InChI=1S/C26H33N5O4/c1-17(2)31-13-11-30(12-14-31)15-23(32)29-25-18-7-4-5-8-19(18)27-26(35-25)28-20-16-34-22-10-6-9-21(33-3)24(20)22/h4-10,17,20,25H,11-16H2,1-3H3,(H,27,28)(H,29,32). The summed E-state index contributed by atoms with van der Waals surface area (Å²) in [6, 6.07) is 14.1. The number of amidine groups is 1. The van der Waals surface area contributed by atoms with Gasteiger partial charge in [-0.15, -0.1) is 0 Å². The molecule has 0 spiro atoms. The van der Waals surface area contributed by atoms with Crippen molar-refractivity contribution in [3.05, 3.63) is 53.6 Å². The minimum atomic E-state index is -0.630. The fourth-order valence-electron chi connectivity index (χ4n) is 4.82. The van der Waals surface area contributed by atoms with Gasteiger partial charge in [0.2, 0.25) is 12.1 Å². The highest BCUT2D eigenvalue weighted by Gasteiger charge is 2.32. The van der Waals surface area contributed by atoms with Crippen molar-refractivity contribution in [3.63, 3.8) is 0 Å². The molecule has 186 valence electrons. The maximum atomic E-state index is 13.0. The van der Waals surface area contributed by atoms with E-state index in [0.29, 0.717) is 25.2 Å². The average molecular weight is 480 g/mol. The van der Waals surface area contributed by atoms with Crippen molar-refractivity contribution >= 4 is 17.6 Å². The summed E-state index contributed by atoms with van der Waals surface area (Å²) in [5.74, 6) is 1.46. The van der Waals surface area contributed by atoms with Crippen molar-refractivity contribution in [1.82, 2.24) is 20.4 Å². The number of aliphatic imine (C=N–C) groups is 1. The van der Waals surface area contributed by atoms with Crippen LogP contribution in [0.1, 0.15) is 37.2 Å². The Morgan fingerprint density at radius 2 is 1.94 bits per heavy atom. The van der Waals surface area contributed by atoms with Crippen molar-refractivity contribution in [3.8, 4) is 11.5 Å². The average Bonchev–Trinajstić information content (AvgIpc) is 3.27. The van der Waals surface area contributed by atoms with Crippen LogP contribution in [0.5, 0.6) is 11.5 Å². The van der Waals surface area contributed by atoms with E-state index in [1.54, 1.807) is 7.11 Å². The highest BCUT2D eigenvalue weighted by Crippen LogP contribution is 2.40. The molecular weight excluding hydrogens is 446 g/mol. The maximum absolute atomic E-state index is 13.0. The Hall–Kier alpha value is -3.30. The second-order valence-electron chi connectivity index (χ2n) is 9.33. The van der Waals surface area contributed by atoms with Crippen LogP contribution < -0.4 is 20.1 Å². The molecule has 2 atom stereocenters. The van der Waals surface area contributed by atoms with E-state index in [1.165, 1.54) is 0 Å². The summed E-state index contributed by atoms with van der Waals surface area (Å²) in [6.45, 7) is 8.90. The number of hydrogen-bond acceptors (Lipinski definition) is 8. The van der Waals surface area contributed by atoms with Crippen LogP contribution in [0.3, 0.4) is 0 Å². The van der Waals surface area contributed by atoms with E-state index in [-0.39, 0.29) is 11.9 Å². The summed E-state index contributed by atoms with van der Waals surface area (Å²) in [7, 11) is 1.64. The van der Waals surface area contributed by atoms with Gasteiger partial charge in [0.15, 0.2) is 0 Å². The molecule has 0 aromatic heterocycles. The zero-order chi connectivity index (χ0) is 24.4. The second kappa shape index (κ2) is 10.1. The first-order valence-corrected chi connectivity index (χ1v) is 12.2. The molecule has 9 nitrogen and oxygen atoms in total. The monoisotopic (exact) mass is 479 g/mol. The van der Waals surface area contributed by atoms with Gasteiger partial charge in [0, 0.05) is 37.8 Å². The number of benzene rings is 2. The molecule has 1 fully saturated rings. The topological polar surface area (TPSA) is 87.7 Å². The predicted molar refractivity (Wildman–Crippen MR) is 133 cm³/mol. The summed E-state index contributed by atoms with van der Waals surface area (Å²) in [4.78, 5) is 22.2. The molecule has 35 heavy (non-hydrogen) atoms. The van der Waals surface area contributed by atoms with E-state index >= 15 is 0 Å². The molecule has 2 aromatic carbocycles. The zero-order valence-electron chi connectivity index (χ0n) is 20.5. The number of amides is 1. The molecule has 2 N–H and O–H groups in total. The van der Waals surface area contributed by atoms with Crippen LogP contribution in [0, 0.1) is 0 Å². The summed E-state index contributed by atoms with van der Waals surface area (Å²) < 4.78 is 17.5. The Kier molecular flexibility index (Phi) is 6.79. The van der Waals surface area contributed by atoms with Gasteiger partial charge in [-0.25, -0.2) is 0 Å². The van der Waals surface area contributed by atoms with Crippen molar-refractivity contribution in [2.75, 3.05) is 46.4 Å². The first-order chi connectivity index (χ1) is 17.0. The lowest BCUT2D eigenvalue weighted by Crippen LogP contribution is -2.51. The number of para-hydroxylation sites is 1. The Morgan fingerprint density at radius 1 is 1.14 bits per heavy atom. The van der Waals surface area contributed by atoms with Crippen molar-refractivity contribution < 1.29 is 19.0 Å². The van der Waals surface area contributed by atoms with Gasteiger partial charge in [-0.3, -0.25) is 14.6 Å². The maximum Gasteiger partial charge on any atom is 0.292 e. The van der Waals surface area contributed by atoms with Gasteiger partial charge in [-0.2, -0.15) is 4.99 Å². The summed E-state index contributed by atoms with van der Waals surface area (Å²) in [5, 5.41) is 6.40. The predicted octanol–water partition coefficient (Wildman–Crippen LogP) is 2.58. The smallest absolute Gasteiger partial charge is 0.292 e. The Bertz CT molecular complexity index is 1100. The minimum Gasteiger partial charge on any atom is -0.496 e. The highest BCUT2D eigenvalue weighted by molar-refractivity contribution is 5.83. The molecule has 0 radical (unpaired) electrons. The number of fused-ring (bicyclic) bond motifs is 2. The molecule has 3 aliphatic rings. The third-order valence-corrected chi connectivity index (χ3v) is 6.76. The molecule has 5 rings (SSSR count). The van der Waals surface area contributed by atoms with Crippen LogP contribution >= 0.6 is 0 Å². The number of hydrogen-bond donors (Lipinski definition) is 2. The van der Waals surface area contributed by atoms with E-state index in [2.05, 4.69) is 39.3 Å². The van der Waals surface area contributed by atoms with Crippen molar-refractivity contribution in [2.24, 2.45) is 4.99 Å². The lowest BCUT2D eigenvalue weighted by Gasteiger charge is -2.36. The van der Waals surface area contributed by atoms with Gasteiger partial charge in [-0.05, 0) is 32.0 Å². The largest absolute Gasteiger partial charge is 0.496 e. The fraction of sp³-hybridized carbons (Fsp3) is 0.462.